The molecule has 0 N–H and O–H groups in total. The van der Waals surface area contributed by atoms with E-state index in [1.54, 1.807) is 29.7 Å². The summed E-state index contributed by atoms with van der Waals surface area (Å²) >= 11 is 0. The van der Waals surface area contributed by atoms with Gasteiger partial charge in [0.15, 0.2) is 0 Å². The zero-order valence-electron chi connectivity index (χ0n) is 16.5. The van der Waals surface area contributed by atoms with Crippen molar-refractivity contribution in [1.82, 2.24) is 19.8 Å². The maximum atomic E-state index is 12.9. The number of hydrogen-bond donors (Lipinski definition) is 0. The third kappa shape index (κ3) is 4.39. The molecule has 28 heavy (non-hydrogen) atoms. The SMILES string of the molecule is CCOC(=O)N1CCN(C(=O)c2cc(N(C)c3ccccc3)nc(C)n2)CC1. The third-order valence-corrected chi connectivity index (χ3v) is 4.62. The molecule has 8 nitrogen and oxygen atoms in total. The number of anilines is 2. The summed E-state index contributed by atoms with van der Waals surface area (Å²) in [5.41, 5.74) is 1.33. The molecule has 8 heteroatoms. The van der Waals surface area contributed by atoms with Crippen LogP contribution in [0.25, 0.3) is 0 Å². The Balaban J connectivity index is 1.73. The highest BCUT2D eigenvalue weighted by atomic mass is 16.6. The number of hydrogen-bond acceptors (Lipinski definition) is 6. The molecule has 1 aliphatic rings. The number of benzene rings is 1. The van der Waals surface area contributed by atoms with Crippen molar-refractivity contribution in [1.29, 1.82) is 0 Å². The highest BCUT2D eigenvalue weighted by molar-refractivity contribution is 5.93. The average Bonchev–Trinajstić information content (AvgIpc) is 2.73. The Morgan fingerprint density at radius 1 is 1.07 bits per heavy atom. The number of rotatable bonds is 4. The van der Waals surface area contributed by atoms with Gasteiger partial charge in [0.1, 0.15) is 17.3 Å². The van der Waals surface area contributed by atoms with Crippen LogP contribution in [0.3, 0.4) is 0 Å². The normalized spacial score (nSPS) is 14.0. The Morgan fingerprint density at radius 2 is 1.71 bits per heavy atom. The number of nitrogens with zero attached hydrogens (tertiary/aromatic N) is 5. The number of carbonyl (C=O) groups excluding carboxylic acids is 2. The van der Waals surface area contributed by atoms with Crippen LogP contribution in [0.1, 0.15) is 23.2 Å². The Bertz CT molecular complexity index is 835. The molecule has 0 saturated carbocycles. The van der Waals surface area contributed by atoms with Crippen molar-refractivity contribution in [3.63, 3.8) is 0 Å². The van der Waals surface area contributed by atoms with E-state index in [0.717, 1.165) is 5.69 Å². The molecule has 3 rings (SSSR count). The van der Waals surface area contributed by atoms with E-state index in [4.69, 9.17) is 4.74 Å². The van der Waals surface area contributed by atoms with Crippen LogP contribution < -0.4 is 4.90 Å². The number of ether oxygens (including phenoxy) is 1. The maximum Gasteiger partial charge on any atom is 0.409 e. The topological polar surface area (TPSA) is 78.9 Å². The van der Waals surface area contributed by atoms with Crippen molar-refractivity contribution in [2.75, 3.05) is 44.7 Å². The fourth-order valence-electron chi connectivity index (χ4n) is 3.09. The van der Waals surface area contributed by atoms with Crippen molar-refractivity contribution in [3.05, 3.63) is 47.9 Å². The number of aryl methyl sites for hydroxylation is 1. The lowest BCUT2D eigenvalue weighted by atomic mass is 10.2. The second-order valence-electron chi connectivity index (χ2n) is 6.53. The van der Waals surface area contributed by atoms with E-state index in [9.17, 15) is 9.59 Å². The highest BCUT2D eigenvalue weighted by Gasteiger charge is 2.26. The molecular formula is C20H25N5O3. The molecule has 2 heterocycles. The van der Waals surface area contributed by atoms with Gasteiger partial charge in [-0.15, -0.1) is 0 Å². The molecule has 148 valence electrons. The Labute approximate surface area is 164 Å². The summed E-state index contributed by atoms with van der Waals surface area (Å²) in [6, 6.07) is 11.5. The van der Waals surface area contributed by atoms with Gasteiger partial charge >= 0.3 is 6.09 Å². The molecule has 1 aromatic heterocycles. The number of amides is 2. The molecule has 0 bridgehead atoms. The molecule has 0 aliphatic carbocycles. The molecular weight excluding hydrogens is 358 g/mol. The second kappa shape index (κ2) is 8.69. The molecule has 0 spiro atoms. The predicted octanol–water partition coefficient (Wildman–Crippen LogP) is 2.47. The third-order valence-electron chi connectivity index (χ3n) is 4.62. The first-order valence-electron chi connectivity index (χ1n) is 9.35. The summed E-state index contributed by atoms with van der Waals surface area (Å²) in [6.07, 6.45) is -0.334. The molecule has 0 radical (unpaired) electrons. The van der Waals surface area contributed by atoms with Crippen molar-refractivity contribution < 1.29 is 14.3 Å². The first-order valence-corrected chi connectivity index (χ1v) is 9.35. The molecule has 2 amide bonds. The van der Waals surface area contributed by atoms with Gasteiger partial charge < -0.3 is 19.4 Å². The van der Waals surface area contributed by atoms with E-state index in [-0.39, 0.29) is 12.0 Å². The molecule has 1 aliphatic heterocycles. The van der Waals surface area contributed by atoms with Gasteiger partial charge in [-0.3, -0.25) is 4.79 Å². The van der Waals surface area contributed by atoms with Crippen LogP contribution in [0.15, 0.2) is 36.4 Å². The average molecular weight is 383 g/mol. The minimum absolute atomic E-state index is 0.156. The van der Waals surface area contributed by atoms with Gasteiger partial charge in [-0.05, 0) is 26.0 Å². The molecule has 1 saturated heterocycles. The number of carbonyl (C=O) groups is 2. The first-order chi connectivity index (χ1) is 13.5. The van der Waals surface area contributed by atoms with Gasteiger partial charge in [0.2, 0.25) is 0 Å². The smallest absolute Gasteiger partial charge is 0.409 e. The summed E-state index contributed by atoms with van der Waals surface area (Å²) in [5, 5.41) is 0. The van der Waals surface area contributed by atoms with Crippen LogP contribution in [0.5, 0.6) is 0 Å². The van der Waals surface area contributed by atoms with Crippen LogP contribution in [-0.4, -0.2) is 71.6 Å². The summed E-state index contributed by atoms with van der Waals surface area (Å²) in [4.78, 5) is 38.8. The minimum atomic E-state index is -0.334. The van der Waals surface area contributed by atoms with Gasteiger partial charge in [-0.1, -0.05) is 18.2 Å². The van der Waals surface area contributed by atoms with Gasteiger partial charge in [0, 0.05) is 45.0 Å². The van der Waals surface area contributed by atoms with Crippen LogP contribution in [0, 0.1) is 6.92 Å². The van der Waals surface area contributed by atoms with Crippen LogP contribution >= 0.6 is 0 Å². The Kier molecular flexibility index (Phi) is 6.08. The predicted molar refractivity (Wildman–Crippen MR) is 106 cm³/mol. The van der Waals surface area contributed by atoms with E-state index in [1.165, 1.54) is 0 Å². The molecule has 0 atom stereocenters. The van der Waals surface area contributed by atoms with Crippen LogP contribution in [0.4, 0.5) is 16.3 Å². The van der Waals surface area contributed by atoms with Gasteiger partial charge in [0.25, 0.3) is 5.91 Å². The summed E-state index contributed by atoms with van der Waals surface area (Å²) in [5.74, 6) is 1.04. The van der Waals surface area contributed by atoms with Crippen molar-refractivity contribution in [3.8, 4) is 0 Å². The van der Waals surface area contributed by atoms with Crippen LogP contribution in [0.2, 0.25) is 0 Å². The van der Waals surface area contributed by atoms with Gasteiger partial charge in [0.05, 0.1) is 6.61 Å². The second-order valence-corrected chi connectivity index (χ2v) is 6.53. The Hall–Kier alpha value is -3.16. The van der Waals surface area contributed by atoms with Crippen molar-refractivity contribution in [2.24, 2.45) is 0 Å². The molecule has 1 aromatic carbocycles. The van der Waals surface area contributed by atoms with Gasteiger partial charge in [-0.25, -0.2) is 14.8 Å². The highest BCUT2D eigenvalue weighted by Crippen LogP contribution is 2.22. The van der Waals surface area contributed by atoms with Crippen molar-refractivity contribution >= 4 is 23.5 Å². The lowest BCUT2D eigenvalue weighted by Gasteiger charge is -2.34. The van der Waals surface area contributed by atoms with E-state index >= 15 is 0 Å². The monoisotopic (exact) mass is 383 g/mol. The molecule has 0 unspecified atom stereocenters. The largest absolute Gasteiger partial charge is 0.450 e. The Morgan fingerprint density at radius 3 is 2.36 bits per heavy atom. The summed E-state index contributed by atoms with van der Waals surface area (Å²) < 4.78 is 5.02. The number of aromatic nitrogens is 2. The van der Waals surface area contributed by atoms with E-state index in [1.807, 2.05) is 42.3 Å². The molecule has 1 fully saturated rings. The zero-order valence-corrected chi connectivity index (χ0v) is 16.5. The quantitative estimate of drug-likeness (QED) is 0.807. The number of piperazine rings is 1. The minimum Gasteiger partial charge on any atom is -0.450 e. The van der Waals surface area contributed by atoms with Gasteiger partial charge in [-0.2, -0.15) is 0 Å². The summed E-state index contributed by atoms with van der Waals surface area (Å²) in [6.45, 7) is 5.69. The summed E-state index contributed by atoms with van der Waals surface area (Å²) in [7, 11) is 1.91. The van der Waals surface area contributed by atoms with E-state index in [2.05, 4.69) is 9.97 Å². The standard InChI is InChI=1S/C20H25N5O3/c1-4-28-20(27)25-12-10-24(11-13-25)19(26)17-14-18(22-15(2)21-17)23(3)16-8-6-5-7-9-16/h5-9,14H,4,10-13H2,1-3H3. The maximum absolute atomic E-state index is 12.9. The number of para-hydroxylation sites is 1. The van der Waals surface area contributed by atoms with Crippen molar-refractivity contribution in [2.45, 2.75) is 13.8 Å². The van der Waals surface area contributed by atoms with E-state index < -0.39 is 0 Å². The lowest BCUT2D eigenvalue weighted by molar-refractivity contribution is 0.0565. The molecule has 2 aromatic rings. The fourth-order valence-corrected chi connectivity index (χ4v) is 3.09. The zero-order chi connectivity index (χ0) is 20.1. The lowest BCUT2D eigenvalue weighted by Crippen LogP contribution is -2.50. The van der Waals surface area contributed by atoms with E-state index in [0.29, 0.717) is 50.1 Å². The first kappa shape index (κ1) is 19.6. The fraction of sp³-hybridized carbons (Fsp3) is 0.400. The van der Waals surface area contributed by atoms with Crippen LogP contribution in [-0.2, 0) is 4.74 Å².